The van der Waals surface area contributed by atoms with Gasteiger partial charge < -0.3 is 9.73 Å². The Morgan fingerprint density at radius 1 is 1.50 bits per heavy atom. The fourth-order valence-electron chi connectivity index (χ4n) is 1.41. The second kappa shape index (κ2) is 4.49. The van der Waals surface area contributed by atoms with Crippen molar-refractivity contribution in [2.75, 3.05) is 5.32 Å². The van der Waals surface area contributed by atoms with Crippen molar-refractivity contribution in [1.82, 2.24) is 10.2 Å². The summed E-state index contributed by atoms with van der Waals surface area (Å²) in [5.74, 6) is 0.114. The van der Waals surface area contributed by atoms with Crippen LogP contribution in [0.2, 0.25) is 5.22 Å². The van der Waals surface area contributed by atoms with Gasteiger partial charge in [-0.3, -0.25) is 9.89 Å². The van der Waals surface area contributed by atoms with Crippen molar-refractivity contribution in [3.05, 3.63) is 34.9 Å². The smallest absolute Gasteiger partial charge is 0.261 e. The van der Waals surface area contributed by atoms with Crippen molar-refractivity contribution in [3.63, 3.8) is 0 Å². The standard InChI is InChI=1S/C12H14ClN3O2/c1-12(2,3)8-6-9(16-15-8)14-11(17)7-4-5-18-10(7)13/h4-6H,1-3H3,(H2,14,15,16,17). The van der Waals surface area contributed by atoms with Crippen molar-refractivity contribution in [3.8, 4) is 0 Å². The zero-order valence-electron chi connectivity index (χ0n) is 10.4. The Bertz CT molecular complexity index is 566. The highest BCUT2D eigenvalue weighted by atomic mass is 35.5. The van der Waals surface area contributed by atoms with Gasteiger partial charge in [0.25, 0.3) is 5.91 Å². The normalized spacial score (nSPS) is 11.6. The number of furan rings is 1. The summed E-state index contributed by atoms with van der Waals surface area (Å²) in [5, 5.41) is 9.64. The second-order valence-electron chi connectivity index (χ2n) is 4.98. The maximum atomic E-state index is 11.8. The number of carbonyl (C=O) groups excluding carboxylic acids is 1. The Hall–Kier alpha value is -1.75. The molecule has 0 saturated heterocycles. The summed E-state index contributed by atoms with van der Waals surface area (Å²) in [7, 11) is 0. The lowest BCUT2D eigenvalue weighted by molar-refractivity contribution is 0.102. The van der Waals surface area contributed by atoms with Gasteiger partial charge >= 0.3 is 0 Å². The van der Waals surface area contributed by atoms with E-state index in [4.69, 9.17) is 16.0 Å². The van der Waals surface area contributed by atoms with Gasteiger partial charge in [-0.15, -0.1) is 0 Å². The molecule has 0 saturated carbocycles. The summed E-state index contributed by atoms with van der Waals surface area (Å²) >= 11 is 5.72. The molecular weight excluding hydrogens is 254 g/mol. The Morgan fingerprint density at radius 3 is 2.72 bits per heavy atom. The van der Waals surface area contributed by atoms with Crippen LogP contribution in [-0.4, -0.2) is 16.1 Å². The van der Waals surface area contributed by atoms with Gasteiger partial charge in [-0.25, -0.2) is 0 Å². The summed E-state index contributed by atoms with van der Waals surface area (Å²) in [6.07, 6.45) is 1.36. The number of nitrogens with zero attached hydrogens (tertiary/aromatic N) is 1. The van der Waals surface area contributed by atoms with Crippen LogP contribution in [0.3, 0.4) is 0 Å². The molecule has 0 aromatic carbocycles. The zero-order valence-corrected chi connectivity index (χ0v) is 11.1. The van der Waals surface area contributed by atoms with Crippen LogP contribution in [0.5, 0.6) is 0 Å². The van der Waals surface area contributed by atoms with E-state index in [2.05, 4.69) is 36.3 Å². The number of H-pyrrole nitrogens is 1. The predicted molar refractivity (Wildman–Crippen MR) is 69.0 cm³/mol. The maximum Gasteiger partial charge on any atom is 0.261 e. The molecule has 2 N–H and O–H groups in total. The molecule has 5 nitrogen and oxygen atoms in total. The van der Waals surface area contributed by atoms with Gasteiger partial charge in [0.05, 0.1) is 11.8 Å². The first-order chi connectivity index (χ1) is 8.38. The van der Waals surface area contributed by atoms with Crippen LogP contribution in [0.25, 0.3) is 0 Å². The molecule has 1 amide bonds. The van der Waals surface area contributed by atoms with Gasteiger partial charge in [0.15, 0.2) is 5.82 Å². The lowest BCUT2D eigenvalue weighted by Crippen LogP contribution is -2.12. The Kier molecular flexibility index (Phi) is 3.17. The third-order valence-electron chi connectivity index (χ3n) is 2.49. The van der Waals surface area contributed by atoms with E-state index < -0.39 is 0 Å². The molecule has 0 atom stereocenters. The van der Waals surface area contributed by atoms with Gasteiger partial charge in [0.2, 0.25) is 5.22 Å². The molecule has 0 aliphatic rings. The van der Waals surface area contributed by atoms with E-state index in [0.717, 1.165) is 5.69 Å². The van der Waals surface area contributed by atoms with Gasteiger partial charge in [-0.05, 0) is 17.7 Å². The monoisotopic (exact) mass is 267 g/mol. The largest absolute Gasteiger partial charge is 0.452 e. The number of aromatic amines is 1. The number of hydrogen-bond donors (Lipinski definition) is 2. The Morgan fingerprint density at radius 2 is 2.22 bits per heavy atom. The number of hydrogen-bond acceptors (Lipinski definition) is 3. The fraction of sp³-hybridized carbons (Fsp3) is 0.333. The number of halogens is 1. The first kappa shape index (κ1) is 12.7. The van der Waals surface area contributed by atoms with Gasteiger partial charge in [0.1, 0.15) is 0 Å². The van der Waals surface area contributed by atoms with Crippen molar-refractivity contribution >= 4 is 23.3 Å². The number of anilines is 1. The molecule has 0 spiro atoms. The van der Waals surface area contributed by atoms with E-state index in [1.54, 1.807) is 6.07 Å². The average molecular weight is 268 g/mol. The summed E-state index contributed by atoms with van der Waals surface area (Å²) in [5.41, 5.74) is 1.18. The fourth-order valence-corrected chi connectivity index (χ4v) is 1.61. The van der Waals surface area contributed by atoms with Crippen molar-refractivity contribution < 1.29 is 9.21 Å². The molecule has 0 radical (unpaired) electrons. The van der Waals surface area contributed by atoms with Crippen LogP contribution in [0.4, 0.5) is 5.82 Å². The van der Waals surface area contributed by atoms with E-state index in [0.29, 0.717) is 5.82 Å². The van der Waals surface area contributed by atoms with Crippen molar-refractivity contribution in [1.29, 1.82) is 0 Å². The second-order valence-corrected chi connectivity index (χ2v) is 5.32. The highest BCUT2D eigenvalue weighted by Gasteiger charge is 2.19. The molecule has 0 unspecified atom stereocenters. The average Bonchev–Trinajstić information content (AvgIpc) is 2.85. The molecule has 0 fully saturated rings. The summed E-state index contributed by atoms with van der Waals surface area (Å²) in [6.45, 7) is 6.16. The minimum atomic E-state index is -0.347. The molecule has 2 aromatic heterocycles. The number of amides is 1. The van der Waals surface area contributed by atoms with Gasteiger partial charge in [0, 0.05) is 17.2 Å². The predicted octanol–water partition coefficient (Wildman–Crippen LogP) is 3.21. The topological polar surface area (TPSA) is 70.9 Å². The molecule has 6 heteroatoms. The number of aromatic nitrogens is 2. The van der Waals surface area contributed by atoms with E-state index in [1.807, 2.05) is 0 Å². The van der Waals surface area contributed by atoms with Crippen LogP contribution < -0.4 is 5.32 Å². The number of nitrogens with one attached hydrogen (secondary N) is 2. The minimum absolute atomic E-state index is 0.0523. The third-order valence-corrected chi connectivity index (χ3v) is 2.78. The van der Waals surface area contributed by atoms with Gasteiger partial charge in [-0.2, -0.15) is 5.10 Å². The lowest BCUT2D eigenvalue weighted by Gasteiger charge is -2.14. The summed E-state index contributed by atoms with van der Waals surface area (Å²) in [6, 6.07) is 3.31. The first-order valence-corrected chi connectivity index (χ1v) is 5.86. The number of rotatable bonds is 2. The minimum Gasteiger partial charge on any atom is -0.452 e. The molecule has 2 aromatic rings. The summed E-state index contributed by atoms with van der Waals surface area (Å²) < 4.78 is 4.86. The van der Waals surface area contributed by atoms with Crippen molar-refractivity contribution in [2.24, 2.45) is 0 Å². The van der Waals surface area contributed by atoms with Crippen LogP contribution in [-0.2, 0) is 5.41 Å². The van der Waals surface area contributed by atoms with E-state index in [-0.39, 0.29) is 22.1 Å². The molecule has 0 aliphatic heterocycles. The first-order valence-electron chi connectivity index (χ1n) is 5.48. The molecule has 0 bridgehead atoms. The lowest BCUT2D eigenvalue weighted by atomic mass is 9.92. The quantitative estimate of drug-likeness (QED) is 0.878. The van der Waals surface area contributed by atoms with E-state index in [1.165, 1.54) is 12.3 Å². The molecule has 96 valence electrons. The Labute approximate surface area is 110 Å². The van der Waals surface area contributed by atoms with Crippen LogP contribution in [0, 0.1) is 0 Å². The molecule has 2 rings (SSSR count). The van der Waals surface area contributed by atoms with Crippen molar-refractivity contribution in [2.45, 2.75) is 26.2 Å². The zero-order chi connectivity index (χ0) is 13.3. The number of carbonyl (C=O) groups is 1. The maximum absolute atomic E-state index is 11.8. The third kappa shape index (κ3) is 2.56. The van der Waals surface area contributed by atoms with Crippen LogP contribution in [0.15, 0.2) is 22.8 Å². The van der Waals surface area contributed by atoms with Crippen LogP contribution >= 0.6 is 11.6 Å². The summed E-state index contributed by atoms with van der Waals surface area (Å²) in [4.78, 5) is 11.8. The SMILES string of the molecule is CC(C)(C)c1cc(NC(=O)c2ccoc2Cl)n[nH]1. The Balaban J connectivity index is 2.13. The highest BCUT2D eigenvalue weighted by molar-refractivity contribution is 6.32. The highest BCUT2D eigenvalue weighted by Crippen LogP contribution is 2.23. The van der Waals surface area contributed by atoms with E-state index in [9.17, 15) is 4.79 Å². The van der Waals surface area contributed by atoms with Gasteiger partial charge in [-0.1, -0.05) is 20.8 Å². The molecule has 0 aliphatic carbocycles. The molecular formula is C12H14ClN3O2. The van der Waals surface area contributed by atoms with Crippen LogP contribution in [0.1, 0.15) is 36.8 Å². The molecule has 18 heavy (non-hydrogen) atoms. The van der Waals surface area contributed by atoms with E-state index >= 15 is 0 Å². The molecule has 2 heterocycles.